The van der Waals surface area contributed by atoms with Gasteiger partial charge in [0.25, 0.3) is 0 Å². The van der Waals surface area contributed by atoms with E-state index in [4.69, 9.17) is 14.5 Å². The third-order valence-corrected chi connectivity index (χ3v) is 8.34. The number of nitrogens with zero attached hydrogens (tertiary/aromatic N) is 2. The van der Waals surface area contributed by atoms with Gasteiger partial charge in [0.05, 0.1) is 30.5 Å². The Bertz CT molecular complexity index is 906. The smallest absolute Gasteiger partial charge is 0.135 e. The number of rotatable bonds is 1. The molecule has 4 nitrogen and oxygen atoms in total. The predicted octanol–water partition coefficient (Wildman–Crippen LogP) is 3.81. The van der Waals surface area contributed by atoms with E-state index in [0.29, 0.717) is 24.1 Å². The van der Waals surface area contributed by atoms with E-state index < -0.39 is 0 Å². The lowest BCUT2D eigenvalue weighted by atomic mass is 9.74. The lowest BCUT2D eigenvalue weighted by Crippen LogP contribution is -2.52. The summed E-state index contributed by atoms with van der Waals surface area (Å²) < 4.78 is 12.4. The highest BCUT2D eigenvalue weighted by molar-refractivity contribution is 6.08. The SMILES string of the molecule is COC1C2=C(CC3C4=NC5CC=CC=C5C=C4CN31)C1(CC1(C)C)[C@H](C)OC2. The zero-order chi connectivity index (χ0) is 19.3. The summed E-state index contributed by atoms with van der Waals surface area (Å²) in [4.78, 5) is 7.78. The second kappa shape index (κ2) is 5.56. The molecule has 0 aromatic rings. The maximum absolute atomic E-state index is 6.31. The van der Waals surface area contributed by atoms with Gasteiger partial charge in [-0.3, -0.25) is 9.89 Å². The maximum Gasteiger partial charge on any atom is 0.135 e. The Kier molecular flexibility index (Phi) is 3.45. The molecule has 0 bridgehead atoms. The van der Waals surface area contributed by atoms with E-state index in [9.17, 15) is 0 Å². The Morgan fingerprint density at radius 1 is 1.32 bits per heavy atom. The Labute approximate surface area is 167 Å². The van der Waals surface area contributed by atoms with Gasteiger partial charge in [0, 0.05) is 19.1 Å². The molecule has 6 aliphatic rings. The van der Waals surface area contributed by atoms with Crippen LogP contribution in [0.15, 0.2) is 51.6 Å². The molecule has 1 spiro atoms. The first-order chi connectivity index (χ1) is 13.5. The lowest BCUT2D eigenvalue weighted by Gasteiger charge is -2.47. The number of methoxy groups -OCH3 is 1. The zero-order valence-corrected chi connectivity index (χ0v) is 17.4. The van der Waals surface area contributed by atoms with Crippen LogP contribution in [0.3, 0.4) is 0 Å². The maximum atomic E-state index is 6.31. The number of dihydropyridines is 1. The van der Waals surface area contributed by atoms with E-state index in [1.807, 2.05) is 7.11 Å². The summed E-state index contributed by atoms with van der Waals surface area (Å²) in [7, 11) is 1.85. The largest absolute Gasteiger partial charge is 0.373 e. The molecule has 148 valence electrons. The first-order valence-electron chi connectivity index (χ1n) is 10.7. The van der Waals surface area contributed by atoms with Crippen LogP contribution in [0.2, 0.25) is 0 Å². The van der Waals surface area contributed by atoms with Crippen LogP contribution in [0.5, 0.6) is 0 Å². The number of allylic oxidation sites excluding steroid dienone is 2. The molecule has 2 aliphatic carbocycles. The number of fused-ring (bicyclic) bond motifs is 5. The van der Waals surface area contributed by atoms with Crippen LogP contribution in [0.4, 0.5) is 0 Å². The molecule has 1 saturated carbocycles. The molecular weight excluding hydrogens is 348 g/mol. The summed E-state index contributed by atoms with van der Waals surface area (Å²) >= 11 is 0. The predicted molar refractivity (Wildman–Crippen MR) is 110 cm³/mol. The van der Waals surface area contributed by atoms with Crippen LogP contribution in [0.1, 0.15) is 40.0 Å². The average molecular weight is 379 g/mol. The monoisotopic (exact) mass is 378 g/mol. The minimum absolute atomic E-state index is 0.0119. The highest BCUT2D eigenvalue weighted by atomic mass is 16.5. The molecule has 0 aromatic heterocycles. The molecule has 4 heterocycles. The third kappa shape index (κ3) is 2.04. The molecule has 0 amide bonds. The number of hydrogen-bond donors (Lipinski definition) is 0. The first-order valence-corrected chi connectivity index (χ1v) is 10.7. The van der Waals surface area contributed by atoms with Crippen molar-refractivity contribution in [3.63, 3.8) is 0 Å². The van der Waals surface area contributed by atoms with Gasteiger partial charge in [-0.1, -0.05) is 43.7 Å². The van der Waals surface area contributed by atoms with Crippen LogP contribution in [-0.4, -0.2) is 55.3 Å². The normalized spacial score (nSPS) is 42.9. The first kappa shape index (κ1) is 17.4. The van der Waals surface area contributed by atoms with Crippen molar-refractivity contribution in [2.75, 3.05) is 20.3 Å². The van der Waals surface area contributed by atoms with Crippen molar-refractivity contribution >= 4 is 5.71 Å². The highest BCUT2D eigenvalue weighted by Gasteiger charge is 2.69. The zero-order valence-electron chi connectivity index (χ0n) is 17.4. The van der Waals surface area contributed by atoms with Gasteiger partial charge in [0.15, 0.2) is 0 Å². The van der Waals surface area contributed by atoms with E-state index in [2.05, 4.69) is 50.0 Å². The van der Waals surface area contributed by atoms with E-state index in [1.54, 1.807) is 5.57 Å². The molecule has 6 rings (SSSR count). The van der Waals surface area contributed by atoms with Crippen LogP contribution >= 0.6 is 0 Å². The molecule has 0 radical (unpaired) electrons. The molecular formula is C24H30N2O2. The van der Waals surface area contributed by atoms with Crippen molar-refractivity contribution in [2.45, 2.75) is 64.4 Å². The van der Waals surface area contributed by atoms with Crippen molar-refractivity contribution in [3.05, 3.63) is 46.6 Å². The molecule has 0 N–H and O–H groups in total. The van der Waals surface area contributed by atoms with E-state index in [1.165, 1.54) is 28.9 Å². The molecule has 0 aromatic carbocycles. The highest BCUT2D eigenvalue weighted by Crippen LogP contribution is 2.73. The summed E-state index contributed by atoms with van der Waals surface area (Å²) in [5.41, 5.74) is 7.58. The Hall–Kier alpha value is -1.49. The average Bonchev–Trinajstić information content (AvgIpc) is 3.09. The lowest BCUT2D eigenvalue weighted by molar-refractivity contribution is -0.0590. The standard InChI is InChI=1S/C24H30N2O2/c1-14-24(13-23(24,2)3)18-10-20-21-16(9-15-7-5-6-8-19(15)25-21)11-26(20)22(27-4)17(18)12-28-14/h5-7,9,14,19-20,22H,8,10-13H2,1-4H3/t14-,19?,20?,22?,24?/m0/s1. The molecule has 28 heavy (non-hydrogen) atoms. The summed E-state index contributed by atoms with van der Waals surface area (Å²) in [6.07, 6.45) is 12.7. The quantitative estimate of drug-likeness (QED) is 0.651. The molecule has 5 atom stereocenters. The molecule has 2 fully saturated rings. The van der Waals surface area contributed by atoms with Crippen molar-refractivity contribution in [1.82, 2.24) is 4.90 Å². The molecule has 4 aliphatic heterocycles. The van der Waals surface area contributed by atoms with Gasteiger partial charge in [-0.05, 0) is 48.3 Å². The van der Waals surface area contributed by atoms with E-state index in [0.717, 1.165) is 19.4 Å². The fourth-order valence-electron chi connectivity index (χ4n) is 6.82. The summed E-state index contributed by atoms with van der Waals surface area (Å²) in [6.45, 7) is 8.72. The van der Waals surface area contributed by atoms with Gasteiger partial charge in [0.2, 0.25) is 0 Å². The summed E-state index contributed by atoms with van der Waals surface area (Å²) in [5, 5.41) is 0. The second-order valence-electron chi connectivity index (χ2n) is 10.00. The second-order valence-corrected chi connectivity index (χ2v) is 10.00. The van der Waals surface area contributed by atoms with Gasteiger partial charge < -0.3 is 9.47 Å². The van der Waals surface area contributed by atoms with Crippen LogP contribution in [0.25, 0.3) is 0 Å². The fraction of sp³-hybridized carbons (Fsp3) is 0.625. The molecule has 4 heteroatoms. The summed E-state index contributed by atoms with van der Waals surface area (Å²) in [6, 6.07) is 0.654. The van der Waals surface area contributed by atoms with Gasteiger partial charge in [-0.2, -0.15) is 0 Å². The van der Waals surface area contributed by atoms with Crippen molar-refractivity contribution in [1.29, 1.82) is 0 Å². The summed E-state index contributed by atoms with van der Waals surface area (Å²) in [5.74, 6) is 0. The molecule has 1 saturated heterocycles. The van der Waals surface area contributed by atoms with Gasteiger partial charge in [-0.25, -0.2) is 0 Å². The Balaban J connectivity index is 1.44. The van der Waals surface area contributed by atoms with E-state index in [-0.39, 0.29) is 17.7 Å². The number of ether oxygens (including phenoxy) is 2. The fourth-order valence-corrected chi connectivity index (χ4v) is 6.82. The van der Waals surface area contributed by atoms with Crippen LogP contribution < -0.4 is 0 Å². The topological polar surface area (TPSA) is 34.1 Å². The van der Waals surface area contributed by atoms with Crippen molar-refractivity contribution < 1.29 is 9.47 Å². The van der Waals surface area contributed by atoms with Gasteiger partial charge >= 0.3 is 0 Å². The third-order valence-electron chi connectivity index (χ3n) is 8.34. The van der Waals surface area contributed by atoms with E-state index >= 15 is 0 Å². The Morgan fingerprint density at radius 2 is 2.14 bits per heavy atom. The van der Waals surface area contributed by atoms with Gasteiger partial charge in [-0.15, -0.1) is 0 Å². The van der Waals surface area contributed by atoms with Crippen LogP contribution in [-0.2, 0) is 9.47 Å². The minimum Gasteiger partial charge on any atom is -0.373 e. The Morgan fingerprint density at radius 3 is 2.89 bits per heavy atom. The van der Waals surface area contributed by atoms with Gasteiger partial charge in [0.1, 0.15) is 6.23 Å². The van der Waals surface area contributed by atoms with Crippen molar-refractivity contribution in [2.24, 2.45) is 15.8 Å². The number of hydrogen-bond acceptors (Lipinski definition) is 4. The molecule has 4 unspecified atom stereocenters. The van der Waals surface area contributed by atoms with Crippen molar-refractivity contribution in [3.8, 4) is 0 Å². The minimum atomic E-state index is 0.0119. The number of aliphatic imine (C=N–C) groups is 1. The van der Waals surface area contributed by atoms with Crippen LogP contribution in [0, 0.1) is 10.8 Å².